The zero-order chi connectivity index (χ0) is 13.9. The van der Waals surface area contributed by atoms with Crippen LogP contribution in [0.25, 0.3) is 0 Å². The normalized spacial score (nSPS) is 11.4. The van der Waals surface area contributed by atoms with Gasteiger partial charge in [0.05, 0.1) is 11.9 Å². The van der Waals surface area contributed by atoms with E-state index in [9.17, 15) is 0 Å². The smallest absolute Gasteiger partial charge is 0.238 e. The van der Waals surface area contributed by atoms with Gasteiger partial charge in [-0.3, -0.25) is 4.98 Å². The van der Waals surface area contributed by atoms with Crippen molar-refractivity contribution in [2.45, 2.75) is 32.7 Å². The van der Waals surface area contributed by atoms with Gasteiger partial charge in [-0.05, 0) is 23.1 Å². The molecule has 2 rings (SSSR count). The average Bonchev–Trinajstić information content (AvgIpc) is 2.38. The van der Waals surface area contributed by atoms with Crippen LogP contribution in [-0.2, 0) is 12.0 Å². The van der Waals surface area contributed by atoms with Crippen LogP contribution in [0.2, 0.25) is 0 Å². The van der Waals surface area contributed by atoms with E-state index >= 15 is 0 Å². The summed E-state index contributed by atoms with van der Waals surface area (Å²) < 4.78 is 5.73. The van der Waals surface area contributed by atoms with Crippen molar-refractivity contribution in [3.05, 3.63) is 47.9 Å². The molecule has 4 heteroatoms. The third kappa shape index (κ3) is 3.51. The second-order valence-electron chi connectivity index (χ2n) is 5.43. The van der Waals surface area contributed by atoms with Crippen LogP contribution in [0.4, 0.5) is 0 Å². The summed E-state index contributed by atoms with van der Waals surface area (Å²) in [5, 5.41) is 0. The Morgan fingerprint density at radius 1 is 1.21 bits per heavy atom. The fraction of sp³-hybridized carbons (Fsp3) is 0.333. The summed E-state index contributed by atoms with van der Waals surface area (Å²) in [6, 6.07) is 8.01. The van der Waals surface area contributed by atoms with E-state index in [0.29, 0.717) is 18.1 Å². The van der Waals surface area contributed by atoms with Crippen molar-refractivity contribution in [1.29, 1.82) is 0 Å². The topological polar surface area (TPSA) is 61.0 Å². The molecule has 2 aromatic rings. The highest BCUT2D eigenvalue weighted by atomic mass is 16.5. The first-order chi connectivity index (χ1) is 8.99. The number of hydrogen-bond donors (Lipinski definition) is 1. The van der Waals surface area contributed by atoms with Crippen molar-refractivity contribution in [2.24, 2.45) is 5.73 Å². The molecule has 0 spiro atoms. The maximum absolute atomic E-state index is 5.73. The van der Waals surface area contributed by atoms with Crippen molar-refractivity contribution < 1.29 is 4.74 Å². The third-order valence-electron chi connectivity index (χ3n) is 2.79. The lowest BCUT2D eigenvalue weighted by atomic mass is 9.87. The van der Waals surface area contributed by atoms with Crippen LogP contribution in [0.15, 0.2) is 36.7 Å². The van der Waals surface area contributed by atoms with Crippen molar-refractivity contribution in [3.8, 4) is 11.6 Å². The first-order valence-electron chi connectivity index (χ1n) is 6.28. The minimum absolute atomic E-state index is 0.0875. The molecular formula is C15H19N3O. The van der Waals surface area contributed by atoms with Gasteiger partial charge < -0.3 is 10.5 Å². The number of hydrogen-bond acceptors (Lipinski definition) is 4. The highest BCUT2D eigenvalue weighted by Gasteiger charge is 2.14. The molecule has 0 aliphatic heterocycles. The van der Waals surface area contributed by atoms with E-state index in [4.69, 9.17) is 10.5 Å². The Morgan fingerprint density at radius 3 is 2.68 bits per heavy atom. The van der Waals surface area contributed by atoms with Crippen LogP contribution < -0.4 is 10.5 Å². The average molecular weight is 257 g/mol. The Balaban J connectivity index is 2.23. The maximum Gasteiger partial charge on any atom is 0.238 e. The molecule has 0 amide bonds. The number of ether oxygens (including phenoxy) is 1. The lowest BCUT2D eigenvalue weighted by Gasteiger charge is -2.19. The molecule has 2 N–H and O–H groups in total. The highest BCUT2D eigenvalue weighted by molar-refractivity contribution is 5.34. The standard InChI is InChI=1S/C15H19N3O/c1-15(2,3)11-5-4-6-13(7-11)19-14-10-17-9-12(8-16)18-14/h4-7,9-10H,8,16H2,1-3H3. The minimum Gasteiger partial charge on any atom is -0.437 e. The number of benzene rings is 1. The van der Waals surface area contributed by atoms with Crippen LogP contribution in [0.1, 0.15) is 32.0 Å². The van der Waals surface area contributed by atoms with E-state index in [1.807, 2.05) is 18.2 Å². The van der Waals surface area contributed by atoms with Gasteiger partial charge in [-0.2, -0.15) is 0 Å². The summed E-state index contributed by atoms with van der Waals surface area (Å²) in [5.74, 6) is 1.23. The molecule has 0 fully saturated rings. The van der Waals surface area contributed by atoms with E-state index in [1.165, 1.54) is 5.56 Å². The van der Waals surface area contributed by atoms with Crippen molar-refractivity contribution in [2.75, 3.05) is 0 Å². The van der Waals surface area contributed by atoms with Gasteiger partial charge in [0.15, 0.2) is 0 Å². The summed E-state index contributed by atoms with van der Waals surface area (Å²) in [4.78, 5) is 8.32. The van der Waals surface area contributed by atoms with Gasteiger partial charge in [0.25, 0.3) is 0 Å². The molecule has 1 heterocycles. The van der Waals surface area contributed by atoms with E-state index in [0.717, 1.165) is 5.75 Å². The molecule has 0 bridgehead atoms. The Kier molecular flexibility index (Phi) is 3.81. The summed E-state index contributed by atoms with van der Waals surface area (Å²) >= 11 is 0. The molecule has 1 aromatic heterocycles. The molecule has 0 unspecified atom stereocenters. The van der Waals surface area contributed by atoms with Crippen LogP contribution in [0.5, 0.6) is 11.6 Å². The SMILES string of the molecule is CC(C)(C)c1cccc(Oc2cncc(CN)n2)c1. The molecule has 0 saturated heterocycles. The largest absolute Gasteiger partial charge is 0.437 e. The highest BCUT2D eigenvalue weighted by Crippen LogP contribution is 2.27. The molecule has 0 aliphatic rings. The van der Waals surface area contributed by atoms with Gasteiger partial charge >= 0.3 is 0 Å². The lowest BCUT2D eigenvalue weighted by Crippen LogP contribution is -2.10. The van der Waals surface area contributed by atoms with Crippen LogP contribution in [0.3, 0.4) is 0 Å². The molecule has 0 radical (unpaired) electrons. The van der Waals surface area contributed by atoms with Crippen LogP contribution in [0, 0.1) is 0 Å². The maximum atomic E-state index is 5.73. The first kappa shape index (κ1) is 13.5. The van der Waals surface area contributed by atoms with Crippen molar-refractivity contribution >= 4 is 0 Å². The monoisotopic (exact) mass is 257 g/mol. The predicted molar refractivity (Wildman–Crippen MR) is 75.1 cm³/mol. The molecule has 0 aliphatic carbocycles. The zero-order valence-corrected chi connectivity index (χ0v) is 11.6. The summed E-state index contributed by atoms with van der Waals surface area (Å²) in [5.41, 5.74) is 7.55. The van der Waals surface area contributed by atoms with E-state index < -0.39 is 0 Å². The minimum atomic E-state index is 0.0875. The number of nitrogens with two attached hydrogens (primary N) is 1. The summed E-state index contributed by atoms with van der Waals surface area (Å²) in [6.45, 7) is 6.86. The quantitative estimate of drug-likeness (QED) is 0.918. The molecule has 4 nitrogen and oxygen atoms in total. The number of aromatic nitrogens is 2. The molecule has 0 saturated carbocycles. The number of rotatable bonds is 3. The van der Waals surface area contributed by atoms with Crippen molar-refractivity contribution in [1.82, 2.24) is 9.97 Å². The second-order valence-corrected chi connectivity index (χ2v) is 5.43. The van der Waals surface area contributed by atoms with Gasteiger partial charge in [-0.25, -0.2) is 4.98 Å². The third-order valence-corrected chi connectivity index (χ3v) is 2.79. The van der Waals surface area contributed by atoms with E-state index in [2.05, 4.69) is 36.8 Å². The summed E-state index contributed by atoms with van der Waals surface area (Å²) in [6.07, 6.45) is 3.22. The van der Waals surface area contributed by atoms with Crippen molar-refractivity contribution in [3.63, 3.8) is 0 Å². The lowest BCUT2D eigenvalue weighted by molar-refractivity contribution is 0.454. The van der Waals surface area contributed by atoms with Gasteiger partial charge in [0.2, 0.25) is 5.88 Å². The molecule has 1 aromatic carbocycles. The second kappa shape index (κ2) is 5.36. The Labute approximate surface area is 113 Å². The molecule has 100 valence electrons. The fourth-order valence-electron chi connectivity index (χ4n) is 1.68. The fourth-order valence-corrected chi connectivity index (χ4v) is 1.68. The molecular weight excluding hydrogens is 238 g/mol. The van der Waals surface area contributed by atoms with Gasteiger partial charge in [-0.1, -0.05) is 32.9 Å². The van der Waals surface area contributed by atoms with E-state index in [-0.39, 0.29) is 5.41 Å². The summed E-state index contributed by atoms with van der Waals surface area (Å²) in [7, 11) is 0. The van der Waals surface area contributed by atoms with Gasteiger partial charge in [-0.15, -0.1) is 0 Å². The van der Waals surface area contributed by atoms with Gasteiger partial charge in [0.1, 0.15) is 5.75 Å². The van der Waals surface area contributed by atoms with Crippen LogP contribution in [-0.4, -0.2) is 9.97 Å². The Bertz CT molecular complexity index is 561. The first-order valence-corrected chi connectivity index (χ1v) is 6.28. The Hall–Kier alpha value is -1.94. The molecule has 0 atom stereocenters. The number of nitrogens with zero attached hydrogens (tertiary/aromatic N) is 2. The zero-order valence-electron chi connectivity index (χ0n) is 11.6. The van der Waals surface area contributed by atoms with E-state index in [1.54, 1.807) is 12.4 Å². The predicted octanol–water partition coefficient (Wildman–Crippen LogP) is 3.03. The Morgan fingerprint density at radius 2 is 2.00 bits per heavy atom. The molecule has 19 heavy (non-hydrogen) atoms. The van der Waals surface area contributed by atoms with Crippen LogP contribution >= 0.6 is 0 Å². The van der Waals surface area contributed by atoms with Gasteiger partial charge in [0, 0.05) is 12.7 Å².